The molecule has 1 N–H and O–H groups in total. The quantitative estimate of drug-likeness (QED) is 0.252. The Kier molecular flexibility index (Phi) is 5.97. The van der Waals surface area contributed by atoms with Gasteiger partial charge in [0.05, 0.1) is 17.6 Å². The van der Waals surface area contributed by atoms with E-state index < -0.39 is 5.95 Å². The van der Waals surface area contributed by atoms with Gasteiger partial charge in [-0.05, 0) is 25.5 Å². The lowest BCUT2D eigenvalue weighted by Gasteiger charge is -2.23. The van der Waals surface area contributed by atoms with Crippen LogP contribution in [0.4, 0.5) is 21.7 Å². The van der Waals surface area contributed by atoms with Crippen LogP contribution < -0.4 is 4.90 Å². The van der Waals surface area contributed by atoms with E-state index in [1.54, 1.807) is 31.3 Å². The third-order valence-corrected chi connectivity index (χ3v) is 5.99. The van der Waals surface area contributed by atoms with Gasteiger partial charge < -0.3 is 9.88 Å². The normalized spacial score (nSPS) is 10.8. The Morgan fingerprint density at radius 1 is 1.00 bits per heavy atom. The second kappa shape index (κ2) is 9.39. The van der Waals surface area contributed by atoms with Gasteiger partial charge in [0.15, 0.2) is 5.82 Å². The van der Waals surface area contributed by atoms with Crippen molar-refractivity contribution in [2.45, 2.75) is 13.8 Å². The van der Waals surface area contributed by atoms with Crippen molar-refractivity contribution in [1.29, 1.82) is 5.26 Å². The molecule has 0 aliphatic carbocycles. The number of aliphatic imine (C=N–C) groups is 1. The molecule has 7 nitrogen and oxygen atoms in total. The van der Waals surface area contributed by atoms with Gasteiger partial charge in [-0.25, -0.2) is 19.9 Å². The molecule has 0 saturated carbocycles. The van der Waals surface area contributed by atoms with Crippen LogP contribution in [-0.2, 0) is 0 Å². The van der Waals surface area contributed by atoms with Crippen molar-refractivity contribution in [2.24, 2.45) is 4.99 Å². The van der Waals surface area contributed by atoms with E-state index >= 15 is 0 Å². The standard InChI is InChI=1S/C28H22FN7/c1-17-14-21(15-30)33-26(29)25(17)36(3)28-18(2)22-24(32-16-31-22)27(35-28)34-23(19-10-6-4-7-11-19)20-12-8-5-9-13-20/h4-14,16H,1-3H3,(H,31,32). The molecule has 5 aromatic rings. The van der Waals surface area contributed by atoms with E-state index in [-0.39, 0.29) is 11.4 Å². The maximum atomic E-state index is 15.0. The van der Waals surface area contributed by atoms with Crippen molar-refractivity contribution in [3.8, 4) is 6.07 Å². The molecular weight excluding hydrogens is 453 g/mol. The number of nitrogens with zero attached hydrogens (tertiary/aromatic N) is 6. The maximum Gasteiger partial charge on any atom is 0.238 e. The number of aromatic nitrogens is 4. The van der Waals surface area contributed by atoms with Crippen molar-refractivity contribution < 1.29 is 4.39 Å². The second-order valence-corrected chi connectivity index (χ2v) is 8.34. The zero-order valence-corrected chi connectivity index (χ0v) is 20.0. The summed E-state index contributed by atoms with van der Waals surface area (Å²) in [5.74, 6) is 0.167. The predicted octanol–water partition coefficient (Wildman–Crippen LogP) is 5.92. The SMILES string of the molecule is Cc1cc(C#N)nc(F)c1N(C)c1nc(N=C(c2ccccc2)c2ccccc2)c2nc[nH]c2c1C. The van der Waals surface area contributed by atoms with Crippen LogP contribution in [0.3, 0.4) is 0 Å². The predicted molar refractivity (Wildman–Crippen MR) is 139 cm³/mol. The number of aryl methyl sites for hydroxylation is 2. The first-order valence-corrected chi connectivity index (χ1v) is 11.3. The third-order valence-electron chi connectivity index (χ3n) is 5.99. The number of nitriles is 1. The Balaban J connectivity index is 1.73. The number of fused-ring (bicyclic) bond motifs is 1. The largest absolute Gasteiger partial charge is 0.344 e. The lowest BCUT2D eigenvalue weighted by Crippen LogP contribution is -2.17. The molecule has 0 saturated heterocycles. The second-order valence-electron chi connectivity index (χ2n) is 8.34. The first-order valence-electron chi connectivity index (χ1n) is 11.3. The highest BCUT2D eigenvalue weighted by Gasteiger charge is 2.22. The van der Waals surface area contributed by atoms with Crippen molar-refractivity contribution in [3.63, 3.8) is 0 Å². The van der Waals surface area contributed by atoms with Gasteiger partial charge in [-0.3, -0.25) is 0 Å². The minimum absolute atomic E-state index is 0.0245. The average Bonchev–Trinajstić information content (AvgIpc) is 3.40. The smallest absolute Gasteiger partial charge is 0.238 e. The van der Waals surface area contributed by atoms with Gasteiger partial charge in [-0.15, -0.1) is 0 Å². The number of imidazole rings is 1. The fourth-order valence-electron chi connectivity index (χ4n) is 4.29. The molecule has 176 valence electrons. The number of hydrogen-bond acceptors (Lipinski definition) is 6. The zero-order valence-electron chi connectivity index (χ0n) is 20.0. The first kappa shape index (κ1) is 22.9. The number of hydrogen-bond donors (Lipinski definition) is 1. The van der Waals surface area contributed by atoms with Gasteiger partial charge in [-0.2, -0.15) is 9.65 Å². The molecule has 0 radical (unpaired) electrons. The van der Waals surface area contributed by atoms with Crippen LogP contribution in [0.2, 0.25) is 0 Å². The summed E-state index contributed by atoms with van der Waals surface area (Å²) >= 11 is 0. The van der Waals surface area contributed by atoms with E-state index in [0.29, 0.717) is 22.7 Å². The van der Waals surface area contributed by atoms with Crippen molar-refractivity contribution in [1.82, 2.24) is 19.9 Å². The Hall–Kier alpha value is -4.90. The summed E-state index contributed by atoms with van der Waals surface area (Å²) in [6, 6.07) is 23.2. The third kappa shape index (κ3) is 4.07. The molecule has 5 rings (SSSR count). The van der Waals surface area contributed by atoms with Crippen LogP contribution in [0.1, 0.15) is 27.9 Å². The van der Waals surface area contributed by atoms with Crippen molar-refractivity contribution >= 4 is 34.1 Å². The number of halogens is 1. The first-order chi connectivity index (χ1) is 17.5. The van der Waals surface area contributed by atoms with E-state index in [1.165, 1.54) is 0 Å². The van der Waals surface area contributed by atoms with Gasteiger partial charge in [0.25, 0.3) is 0 Å². The van der Waals surface area contributed by atoms with Crippen molar-refractivity contribution in [2.75, 3.05) is 11.9 Å². The van der Waals surface area contributed by atoms with Gasteiger partial charge in [-0.1, -0.05) is 60.7 Å². The van der Waals surface area contributed by atoms with Gasteiger partial charge in [0.1, 0.15) is 28.8 Å². The van der Waals surface area contributed by atoms with Gasteiger partial charge >= 0.3 is 0 Å². The number of benzene rings is 2. The lowest BCUT2D eigenvalue weighted by molar-refractivity contribution is 0.581. The van der Waals surface area contributed by atoms with Crippen molar-refractivity contribution in [3.05, 3.63) is 107 Å². The van der Waals surface area contributed by atoms with Crippen LogP contribution in [-0.4, -0.2) is 32.7 Å². The van der Waals surface area contributed by atoms with Crippen LogP contribution in [0.15, 0.2) is 78.0 Å². The Bertz CT molecular complexity index is 1570. The monoisotopic (exact) mass is 475 g/mol. The highest BCUT2D eigenvalue weighted by molar-refractivity contribution is 6.14. The Morgan fingerprint density at radius 2 is 1.64 bits per heavy atom. The molecule has 0 aliphatic rings. The molecular formula is C28H22FN7. The van der Waals surface area contributed by atoms with E-state index in [0.717, 1.165) is 27.9 Å². The summed E-state index contributed by atoms with van der Waals surface area (Å²) in [4.78, 5) is 22.9. The highest BCUT2D eigenvalue weighted by Crippen LogP contribution is 2.36. The number of rotatable bonds is 5. The molecule has 0 atom stereocenters. The van der Waals surface area contributed by atoms with E-state index in [4.69, 9.17) is 15.2 Å². The topological polar surface area (TPSA) is 93.8 Å². The summed E-state index contributed by atoms with van der Waals surface area (Å²) in [5, 5.41) is 9.15. The molecule has 3 heterocycles. The molecule has 36 heavy (non-hydrogen) atoms. The van der Waals surface area contributed by atoms with E-state index in [1.807, 2.05) is 73.7 Å². The molecule has 0 fully saturated rings. The molecule has 0 spiro atoms. The van der Waals surface area contributed by atoms with E-state index in [9.17, 15) is 4.39 Å². The number of aromatic amines is 1. The zero-order chi connectivity index (χ0) is 25.2. The molecule has 0 unspecified atom stereocenters. The van der Waals surface area contributed by atoms with Crippen LogP contribution in [0.25, 0.3) is 11.0 Å². The summed E-state index contributed by atoms with van der Waals surface area (Å²) in [6.45, 7) is 3.63. The van der Waals surface area contributed by atoms with Crippen LogP contribution in [0.5, 0.6) is 0 Å². The lowest BCUT2D eigenvalue weighted by atomic mass is 10.0. The van der Waals surface area contributed by atoms with Crippen LogP contribution >= 0.6 is 0 Å². The fraction of sp³-hybridized carbons (Fsp3) is 0.107. The molecule has 0 amide bonds. The van der Waals surface area contributed by atoms with Gasteiger partial charge in [0.2, 0.25) is 5.95 Å². The number of pyridine rings is 2. The molecule has 0 bridgehead atoms. The van der Waals surface area contributed by atoms with Gasteiger partial charge in [0, 0.05) is 23.7 Å². The van der Waals surface area contributed by atoms with Crippen LogP contribution in [0, 0.1) is 31.1 Å². The Labute approximate surface area is 207 Å². The minimum atomic E-state index is -0.737. The maximum absolute atomic E-state index is 15.0. The molecule has 2 aromatic carbocycles. The number of H-pyrrole nitrogens is 1. The fourth-order valence-corrected chi connectivity index (χ4v) is 4.29. The summed E-state index contributed by atoms with van der Waals surface area (Å²) in [7, 11) is 1.72. The minimum Gasteiger partial charge on any atom is -0.344 e. The molecule has 0 aliphatic heterocycles. The number of anilines is 2. The molecule has 3 aromatic heterocycles. The highest BCUT2D eigenvalue weighted by atomic mass is 19.1. The number of nitrogens with one attached hydrogen (secondary N) is 1. The summed E-state index contributed by atoms with van der Waals surface area (Å²) in [5.41, 5.74) is 5.61. The molecule has 8 heteroatoms. The average molecular weight is 476 g/mol. The summed E-state index contributed by atoms with van der Waals surface area (Å²) in [6.07, 6.45) is 1.60. The summed E-state index contributed by atoms with van der Waals surface area (Å²) < 4.78 is 15.0. The Morgan fingerprint density at radius 3 is 2.22 bits per heavy atom. The van der Waals surface area contributed by atoms with E-state index in [2.05, 4.69) is 15.0 Å².